The fraction of sp³-hybridized carbons (Fsp3) is 0.513. The molecule has 46 heavy (non-hydrogen) atoms. The van der Waals surface area contributed by atoms with Gasteiger partial charge in [-0.05, 0) is 60.6 Å². The second-order valence-corrected chi connectivity index (χ2v) is 12.9. The second-order valence-electron chi connectivity index (χ2n) is 12.9. The van der Waals surface area contributed by atoms with Crippen molar-refractivity contribution in [3.8, 4) is 5.75 Å². The predicted octanol–water partition coefficient (Wildman–Crippen LogP) is 8.15. The first-order valence-electron chi connectivity index (χ1n) is 16.9. The van der Waals surface area contributed by atoms with Gasteiger partial charge >= 0.3 is 5.97 Å². The molecule has 2 saturated heterocycles. The smallest absolute Gasteiger partial charge is 0.338 e. The first-order chi connectivity index (χ1) is 22.4. The highest BCUT2D eigenvalue weighted by Gasteiger charge is 2.51. The molecule has 0 aliphatic carbocycles. The largest absolute Gasteiger partial charge is 0.497 e. The van der Waals surface area contributed by atoms with E-state index in [0.29, 0.717) is 44.1 Å². The standard InChI is InChI=1S/C39H50O7/c1-5-33(43-27-31-16-18-34(41-4)19-17-31)24-36-28(2)20-22-39(46-36)25-37(44-38(40)32-14-10-7-11-15-32)29(3)35(45-39)21-23-42-26-30-12-8-6-9-13-30/h6-19,28-29,33,35-37H,5,20-27H2,1-4H3/t28-,29+,33+,35-,36-,37-,39-/m0/s1. The summed E-state index contributed by atoms with van der Waals surface area (Å²) in [5.41, 5.74) is 2.80. The Kier molecular flexibility index (Phi) is 12.3. The zero-order valence-electron chi connectivity index (χ0n) is 27.8. The summed E-state index contributed by atoms with van der Waals surface area (Å²) >= 11 is 0. The molecule has 2 aliphatic heterocycles. The van der Waals surface area contributed by atoms with Gasteiger partial charge in [-0.25, -0.2) is 4.79 Å². The fourth-order valence-electron chi connectivity index (χ4n) is 6.53. The molecule has 1 spiro atoms. The van der Waals surface area contributed by atoms with Gasteiger partial charge in [-0.15, -0.1) is 0 Å². The lowest BCUT2D eigenvalue weighted by molar-refractivity contribution is -0.348. The highest BCUT2D eigenvalue weighted by molar-refractivity contribution is 5.89. The van der Waals surface area contributed by atoms with Gasteiger partial charge in [0.1, 0.15) is 11.9 Å². The number of hydrogen-bond donors (Lipinski definition) is 0. The van der Waals surface area contributed by atoms with E-state index in [1.54, 1.807) is 19.2 Å². The molecule has 7 nitrogen and oxygen atoms in total. The SMILES string of the molecule is CC[C@H](C[C@@H]1O[C@@]2(CC[C@@H]1C)C[C@H](OC(=O)c1ccccc1)[C@H](C)[C@H](CCOCc1ccccc1)O2)OCc1ccc(OC)cc1. The molecule has 2 heterocycles. The van der Waals surface area contributed by atoms with Crippen LogP contribution in [0.25, 0.3) is 0 Å². The van der Waals surface area contributed by atoms with E-state index in [4.69, 9.17) is 28.4 Å². The average molecular weight is 631 g/mol. The Morgan fingerprint density at radius 2 is 1.57 bits per heavy atom. The molecule has 2 aliphatic rings. The second kappa shape index (κ2) is 16.6. The third-order valence-corrected chi connectivity index (χ3v) is 9.55. The lowest BCUT2D eigenvalue weighted by atomic mass is 9.81. The molecule has 0 amide bonds. The zero-order valence-corrected chi connectivity index (χ0v) is 27.8. The van der Waals surface area contributed by atoms with E-state index >= 15 is 0 Å². The molecule has 0 bridgehead atoms. The number of carbonyl (C=O) groups excluding carboxylic acids is 1. The van der Waals surface area contributed by atoms with Crippen LogP contribution in [-0.4, -0.2) is 49.9 Å². The number of methoxy groups -OCH3 is 1. The molecule has 0 N–H and O–H groups in total. The number of carbonyl (C=O) groups is 1. The Morgan fingerprint density at radius 1 is 0.891 bits per heavy atom. The third kappa shape index (κ3) is 9.19. The highest BCUT2D eigenvalue weighted by atomic mass is 16.7. The molecule has 7 heteroatoms. The minimum Gasteiger partial charge on any atom is -0.497 e. The molecule has 0 radical (unpaired) electrons. The van der Waals surface area contributed by atoms with E-state index in [9.17, 15) is 4.79 Å². The van der Waals surface area contributed by atoms with Crippen molar-refractivity contribution in [2.24, 2.45) is 11.8 Å². The van der Waals surface area contributed by atoms with Crippen molar-refractivity contribution in [2.45, 2.75) is 103 Å². The maximum atomic E-state index is 13.2. The van der Waals surface area contributed by atoms with E-state index in [0.717, 1.165) is 42.6 Å². The molecule has 248 valence electrons. The van der Waals surface area contributed by atoms with Crippen LogP contribution in [0, 0.1) is 11.8 Å². The first-order valence-corrected chi connectivity index (χ1v) is 16.9. The fourth-order valence-corrected chi connectivity index (χ4v) is 6.53. The van der Waals surface area contributed by atoms with Crippen LogP contribution in [-0.2, 0) is 36.9 Å². The summed E-state index contributed by atoms with van der Waals surface area (Å²) in [6.45, 7) is 8.14. The number of rotatable bonds is 14. The minimum absolute atomic E-state index is 0.0174. The zero-order chi connectivity index (χ0) is 32.4. The summed E-state index contributed by atoms with van der Waals surface area (Å²) < 4.78 is 37.8. The third-order valence-electron chi connectivity index (χ3n) is 9.55. The van der Waals surface area contributed by atoms with Crippen LogP contribution < -0.4 is 4.74 Å². The Bertz CT molecular complexity index is 1330. The van der Waals surface area contributed by atoms with E-state index in [-0.39, 0.29) is 36.3 Å². The summed E-state index contributed by atoms with van der Waals surface area (Å²) in [4.78, 5) is 13.2. The molecule has 5 rings (SSSR count). The molecule has 0 saturated carbocycles. The Hall–Kier alpha value is -3.23. The number of ether oxygens (including phenoxy) is 6. The molecule has 2 fully saturated rings. The van der Waals surface area contributed by atoms with Crippen molar-refractivity contribution in [3.63, 3.8) is 0 Å². The Labute approximate surface area is 274 Å². The van der Waals surface area contributed by atoms with Crippen molar-refractivity contribution in [1.29, 1.82) is 0 Å². The van der Waals surface area contributed by atoms with E-state index in [1.807, 2.05) is 60.7 Å². The van der Waals surface area contributed by atoms with Gasteiger partial charge in [0.15, 0.2) is 5.79 Å². The number of benzene rings is 3. The van der Waals surface area contributed by atoms with Gasteiger partial charge in [-0.1, -0.05) is 81.4 Å². The van der Waals surface area contributed by atoms with Crippen LogP contribution in [0.15, 0.2) is 84.9 Å². The van der Waals surface area contributed by atoms with Crippen molar-refractivity contribution in [2.75, 3.05) is 13.7 Å². The monoisotopic (exact) mass is 630 g/mol. The van der Waals surface area contributed by atoms with Gasteiger partial charge in [-0.2, -0.15) is 0 Å². The molecule has 0 aromatic heterocycles. The maximum absolute atomic E-state index is 13.2. The maximum Gasteiger partial charge on any atom is 0.338 e. The first kappa shape index (κ1) is 34.1. The normalized spacial score (nSPS) is 26.8. The quantitative estimate of drug-likeness (QED) is 0.131. The van der Waals surface area contributed by atoms with Crippen LogP contribution in [0.1, 0.15) is 80.8 Å². The molecule has 0 unspecified atom stereocenters. The minimum atomic E-state index is -0.830. The van der Waals surface area contributed by atoms with Gasteiger partial charge in [0, 0.05) is 31.8 Å². The average Bonchev–Trinajstić information content (AvgIpc) is 3.09. The molecule has 3 aromatic carbocycles. The van der Waals surface area contributed by atoms with Crippen LogP contribution in [0.2, 0.25) is 0 Å². The topological polar surface area (TPSA) is 72.5 Å². The Morgan fingerprint density at radius 3 is 2.26 bits per heavy atom. The number of esters is 1. The van der Waals surface area contributed by atoms with Gasteiger partial charge in [-0.3, -0.25) is 0 Å². The van der Waals surface area contributed by atoms with E-state index in [1.165, 1.54) is 0 Å². The van der Waals surface area contributed by atoms with Crippen molar-refractivity contribution >= 4 is 5.97 Å². The van der Waals surface area contributed by atoms with Gasteiger partial charge in [0.2, 0.25) is 0 Å². The number of hydrogen-bond acceptors (Lipinski definition) is 7. The van der Waals surface area contributed by atoms with Crippen molar-refractivity contribution < 1.29 is 33.2 Å². The van der Waals surface area contributed by atoms with Crippen LogP contribution >= 0.6 is 0 Å². The van der Waals surface area contributed by atoms with Crippen LogP contribution in [0.4, 0.5) is 0 Å². The van der Waals surface area contributed by atoms with Crippen LogP contribution in [0.5, 0.6) is 5.75 Å². The lowest BCUT2D eigenvalue weighted by Crippen LogP contribution is -2.57. The Balaban J connectivity index is 1.26. The predicted molar refractivity (Wildman–Crippen MR) is 177 cm³/mol. The van der Waals surface area contributed by atoms with E-state index in [2.05, 4.69) is 32.9 Å². The summed E-state index contributed by atoms with van der Waals surface area (Å²) in [7, 11) is 1.67. The molecule has 3 aromatic rings. The van der Waals surface area contributed by atoms with E-state index < -0.39 is 5.79 Å². The van der Waals surface area contributed by atoms with Crippen molar-refractivity contribution in [1.82, 2.24) is 0 Å². The summed E-state index contributed by atoms with van der Waals surface area (Å²) in [6, 6.07) is 27.4. The van der Waals surface area contributed by atoms with Crippen molar-refractivity contribution in [3.05, 3.63) is 102 Å². The lowest BCUT2D eigenvalue weighted by Gasteiger charge is -2.52. The highest BCUT2D eigenvalue weighted by Crippen LogP contribution is 2.45. The molecule has 7 atom stereocenters. The van der Waals surface area contributed by atoms with Gasteiger partial charge in [0.25, 0.3) is 0 Å². The summed E-state index contributed by atoms with van der Waals surface area (Å²) in [5, 5.41) is 0. The molecular weight excluding hydrogens is 580 g/mol. The molecular formula is C39H50O7. The summed E-state index contributed by atoms with van der Waals surface area (Å²) in [5.74, 6) is 0.0267. The van der Waals surface area contributed by atoms with Gasteiger partial charge < -0.3 is 28.4 Å². The van der Waals surface area contributed by atoms with Crippen LogP contribution in [0.3, 0.4) is 0 Å². The summed E-state index contributed by atoms with van der Waals surface area (Å²) in [6.07, 6.45) is 4.03. The van der Waals surface area contributed by atoms with Gasteiger partial charge in [0.05, 0.1) is 44.2 Å².